The van der Waals surface area contributed by atoms with Gasteiger partial charge in [0, 0.05) is 11.4 Å². The van der Waals surface area contributed by atoms with Gasteiger partial charge in [-0.05, 0) is 40.8 Å². The van der Waals surface area contributed by atoms with Gasteiger partial charge < -0.3 is 9.84 Å². The van der Waals surface area contributed by atoms with Crippen LogP contribution in [0.1, 0.15) is 31.9 Å². The number of carboxylic acids is 1. The van der Waals surface area contributed by atoms with Crippen LogP contribution in [0.15, 0.2) is 48.5 Å². The maximum Gasteiger partial charge on any atom is 0.345 e. The third-order valence-electron chi connectivity index (χ3n) is 3.58. The van der Waals surface area contributed by atoms with Crippen LogP contribution in [0.5, 0.6) is 5.75 Å². The molecule has 0 saturated carbocycles. The number of ether oxygens (including phenoxy) is 1. The summed E-state index contributed by atoms with van der Waals surface area (Å²) in [4.78, 5) is 11.5. The van der Waals surface area contributed by atoms with Gasteiger partial charge in [-0.15, -0.1) is 0 Å². The van der Waals surface area contributed by atoms with Crippen molar-refractivity contribution in [1.29, 1.82) is 0 Å². The monoisotopic (exact) mass is 332 g/mol. The fraction of sp³-hybridized carbons (Fsp3) is 0.316. The average molecular weight is 333 g/mol. The quantitative estimate of drug-likeness (QED) is 0.862. The molecule has 122 valence electrons. The zero-order valence-electron chi connectivity index (χ0n) is 13.5. The molecule has 1 N–H and O–H groups in total. The highest BCUT2D eigenvalue weighted by Crippen LogP contribution is 2.25. The van der Waals surface area contributed by atoms with Gasteiger partial charge in [-0.2, -0.15) is 0 Å². The van der Waals surface area contributed by atoms with Gasteiger partial charge in [0.1, 0.15) is 5.75 Å². The zero-order valence-corrected chi connectivity index (χ0v) is 14.3. The minimum absolute atomic E-state index is 0.0471. The fourth-order valence-electron chi connectivity index (χ4n) is 2.26. The molecule has 0 spiro atoms. The second-order valence-electron chi connectivity index (χ2n) is 6.55. The van der Waals surface area contributed by atoms with Crippen molar-refractivity contribution in [2.45, 2.75) is 38.7 Å². The molecule has 2 aromatic carbocycles. The molecule has 3 nitrogen and oxygen atoms in total. The van der Waals surface area contributed by atoms with Crippen LogP contribution in [0.3, 0.4) is 0 Å². The van der Waals surface area contributed by atoms with E-state index in [0.717, 1.165) is 5.56 Å². The Morgan fingerprint density at radius 1 is 1.17 bits per heavy atom. The maximum absolute atomic E-state index is 11.5. The SMILES string of the molecule is CC(C)(C)c1ccc(O[C@@H](Cc2cccc(Cl)c2)C(=O)O)cc1. The molecule has 2 rings (SSSR count). The third kappa shape index (κ3) is 5.00. The molecule has 0 aliphatic rings. The number of carbonyl (C=O) groups is 1. The van der Waals surface area contributed by atoms with E-state index in [1.807, 2.05) is 30.3 Å². The molecule has 4 heteroatoms. The van der Waals surface area contributed by atoms with Crippen molar-refractivity contribution >= 4 is 17.6 Å². The van der Waals surface area contributed by atoms with Crippen molar-refractivity contribution in [3.63, 3.8) is 0 Å². The predicted molar refractivity (Wildman–Crippen MR) is 92.3 cm³/mol. The van der Waals surface area contributed by atoms with Crippen molar-refractivity contribution in [1.82, 2.24) is 0 Å². The van der Waals surface area contributed by atoms with Crippen LogP contribution in [-0.4, -0.2) is 17.2 Å². The number of hydrogen-bond donors (Lipinski definition) is 1. The summed E-state index contributed by atoms with van der Waals surface area (Å²) in [5.74, 6) is -0.447. The van der Waals surface area contributed by atoms with Gasteiger partial charge in [-0.3, -0.25) is 0 Å². The second-order valence-corrected chi connectivity index (χ2v) is 6.99. The lowest BCUT2D eigenvalue weighted by atomic mass is 9.87. The van der Waals surface area contributed by atoms with E-state index in [-0.39, 0.29) is 11.8 Å². The van der Waals surface area contributed by atoms with Crippen LogP contribution in [0.4, 0.5) is 0 Å². The van der Waals surface area contributed by atoms with Gasteiger partial charge in [0.15, 0.2) is 6.10 Å². The average Bonchev–Trinajstić information content (AvgIpc) is 2.46. The molecule has 0 saturated heterocycles. The minimum Gasteiger partial charge on any atom is -0.478 e. The van der Waals surface area contributed by atoms with Gasteiger partial charge in [0.25, 0.3) is 0 Å². The zero-order chi connectivity index (χ0) is 17.0. The fourth-order valence-corrected chi connectivity index (χ4v) is 2.47. The van der Waals surface area contributed by atoms with Crippen LogP contribution in [0, 0.1) is 0 Å². The van der Waals surface area contributed by atoms with Gasteiger partial charge >= 0.3 is 5.97 Å². The minimum atomic E-state index is -0.995. The third-order valence-corrected chi connectivity index (χ3v) is 3.82. The van der Waals surface area contributed by atoms with Gasteiger partial charge in [-0.25, -0.2) is 4.79 Å². The summed E-state index contributed by atoms with van der Waals surface area (Å²) < 4.78 is 5.64. The van der Waals surface area contributed by atoms with Crippen LogP contribution >= 0.6 is 11.6 Å². The van der Waals surface area contributed by atoms with Crippen LogP contribution < -0.4 is 4.74 Å². The molecular formula is C19H21ClO3. The van der Waals surface area contributed by atoms with E-state index >= 15 is 0 Å². The van der Waals surface area contributed by atoms with Crippen molar-refractivity contribution in [2.75, 3.05) is 0 Å². The molecule has 0 heterocycles. The first-order chi connectivity index (χ1) is 10.8. The molecule has 0 aromatic heterocycles. The lowest BCUT2D eigenvalue weighted by Gasteiger charge is -2.20. The number of halogens is 1. The van der Waals surface area contributed by atoms with Crippen molar-refractivity contribution < 1.29 is 14.6 Å². The second kappa shape index (κ2) is 7.05. The Kier molecular flexibility index (Phi) is 5.32. The first-order valence-electron chi connectivity index (χ1n) is 7.50. The molecule has 0 unspecified atom stereocenters. The first kappa shape index (κ1) is 17.4. The summed E-state index contributed by atoms with van der Waals surface area (Å²) in [5, 5.41) is 9.98. The number of aliphatic carboxylic acids is 1. The Bertz CT molecular complexity index is 672. The van der Waals surface area contributed by atoms with Gasteiger partial charge in [-0.1, -0.05) is 56.6 Å². The van der Waals surface area contributed by atoms with E-state index < -0.39 is 12.1 Å². The molecule has 1 atom stereocenters. The molecule has 0 fully saturated rings. The van der Waals surface area contributed by atoms with Crippen molar-refractivity contribution in [3.05, 3.63) is 64.7 Å². The molecule has 0 aliphatic heterocycles. The number of hydrogen-bond acceptors (Lipinski definition) is 2. The maximum atomic E-state index is 11.5. The Morgan fingerprint density at radius 3 is 2.35 bits per heavy atom. The highest BCUT2D eigenvalue weighted by molar-refractivity contribution is 6.30. The lowest BCUT2D eigenvalue weighted by Crippen LogP contribution is -2.29. The molecule has 2 aromatic rings. The predicted octanol–water partition coefficient (Wildman–Crippen LogP) is 4.71. The van der Waals surface area contributed by atoms with Gasteiger partial charge in [0.05, 0.1) is 0 Å². The summed E-state index contributed by atoms with van der Waals surface area (Å²) >= 11 is 5.94. The summed E-state index contributed by atoms with van der Waals surface area (Å²) in [7, 11) is 0. The Hall–Kier alpha value is -2.00. The number of rotatable bonds is 5. The van der Waals surface area contributed by atoms with Crippen LogP contribution in [0.2, 0.25) is 5.02 Å². The molecule has 0 radical (unpaired) electrons. The highest BCUT2D eigenvalue weighted by Gasteiger charge is 2.21. The van der Waals surface area contributed by atoms with E-state index in [9.17, 15) is 9.90 Å². The number of carboxylic acid groups (broad SMARTS) is 1. The largest absolute Gasteiger partial charge is 0.478 e. The first-order valence-corrected chi connectivity index (χ1v) is 7.88. The molecule has 0 aliphatic carbocycles. The molecular weight excluding hydrogens is 312 g/mol. The van der Waals surface area contributed by atoms with E-state index in [1.54, 1.807) is 18.2 Å². The van der Waals surface area contributed by atoms with E-state index in [2.05, 4.69) is 20.8 Å². The topological polar surface area (TPSA) is 46.5 Å². The van der Waals surface area contributed by atoms with Crippen LogP contribution in [0.25, 0.3) is 0 Å². The Morgan fingerprint density at radius 2 is 1.83 bits per heavy atom. The highest BCUT2D eigenvalue weighted by atomic mass is 35.5. The molecule has 0 bridgehead atoms. The molecule has 23 heavy (non-hydrogen) atoms. The van der Waals surface area contributed by atoms with E-state index in [1.165, 1.54) is 5.56 Å². The summed E-state index contributed by atoms with van der Waals surface area (Å²) in [6.07, 6.45) is -0.689. The van der Waals surface area contributed by atoms with Crippen molar-refractivity contribution in [2.24, 2.45) is 0 Å². The summed E-state index contributed by atoms with van der Waals surface area (Å²) in [6, 6.07) is 14.7. The Balaban J connectivity index is 2.12. The number of benzene rings is 2. The summed E-state index contributed by atoms with van der Waals surface area (Å²) in [6.45, 7) is 6.38. The molecule has 0 amide bonds. The normalized spacial score (nSPS) is 12.7. The lowest BCUT2D eigenvalue weighted by molar-refractivity contribution is -0.145. The van der Waals surface area contributed by atoms with E-state index in [4.69, 9.17) is 16.3 Å². The smallest absolute Gasteiger partial charge is 0.345 e. The van der Waals surface area contributed by atoms with Crippen LogP contribution in [-0.2, 0) is 16.6 Å². The Labute approximate surface area is 141 Å². The summed E-state index contributed by atoms with van der Waals surface area (Å²) in [5.41, 5.74) is 2.05. The van der Waals surface area contributed by atoms with Crippen molar-refractivity contribution in [3.8, 4) is 5.75 Å². The standard InChI is InChI=1S/C19H21ClO3/c1-19(2,3)14-7-9-16(10-8-14)23-17(18(21)22)12-13-5-4-6-15(20)11-13/h4-11,17H,12H2,1-3H3,(H,21,22)/t17-/m0/s1. The van der Waals surface area contributed by atoms with Gasteiger partial charge in [0.2, 0.25) is 0 Å². The van der Waals surface area contributed by atoms with E-state index in [0.29, 0.717) is 10.8 Å².